The van der Waals surface area contributed by atoms with Crippen molar-refractivity contribution in [2.75, 3.05) is 6.26 Å². The summed E-state index contributed by atoms with van der Waals surface area (Å²) in [6, 6.07) is 0. The van der Waals surface area contributed by atoms with Gasteiger partial charge in [-0.3, -0.25) is 0 Å². The standard InChI is InChI=1S/C10H13N3OS3/c1-5(14)6(2)16-9-7-8(11-4-12-9)13-10(15-3)17-7/h4-6,14H,1-3H3. The number of nitrogens with zero attached hydrogens (tertiary/aromatic N) is 3. The van der Waals surface area contributed by atoms with Crippen LogP contribution in [0.3, 0.4) is 0 Å². The molecule has 2 atom stereocenters. The van der Waals surface area contributed by atoms with E-state index in [2.05, 4.69) is 15.0 Å². The van der Waals surface area contributed by atoms with Crippen molar-refractivity contribution in [1.82, 2.24) is 15.0 Å². The lowest BCUT2D eigenvalue weighted by Gasteiger charge is -2.12. The highest BCUT2D eigenvalue weighted by atomic mass is 32.2. The van der Waals surface area contributed by atoms with Gasteiger partial charge in [-0.15, -0.1) is 11.3 Å². The average Bonchev–Trinajstić information content (AvgIpc) is 2.72. The van der Waals surface area contributed by atoms with E-state index in [-0.39, 0.29) is 11.4 Å². The molecule has 2 aromatic heterocycles. The number of hydrogen-bond acceptors (Lipinski definition) is 7. The van der Waals surface area contributed by atoms with E-state index in [0.29, 0.717) is 0 Å². The van der Waals surface area contributed by atoms with Gasteiger partial charge in [0.25, 0.3) is 0 Å². The van der Waals surface area contributed by atoms with Crippen LogP contribution in [-0.2, 0) is 0 Å². The van der Waals surface area contributed by atoms with Gasteiger partial charge in [-0.25, -0.2) is 15.0 Å². The molecule has 0 aromatic carbocycles. The van der Waals surface area contributed by atoms with Crippen LogP contribution in [0.2, 0.25) is 0 Å². The topological polar surface area (TPSA) is 58.9 Å². The van der Waals surface area contributed by atoms with Crippen LogP contribution >= 0.6 is 34.9 Å². The molecular weight excluding hydrogens is 274 g/mol. The van der Waals surface area contributed by atoms with Crippen LogP contribution in [0.5, 0.6) is 0 Å². The fraction of sp³-hybridized carbons (Fsp3) is 0.500. The van der Waals surface area contributed by atoms with Gasteiger partial charge >= 0.3 is 0 Å². The van der Waals surface area contributed by atoms with Crippen molar-refractivity contribution in [3.63, 3.8) is 0 Å². The van der Waals surface area contributed by atoms with Crippen LogP contribution in [-0.4, -0.2) is 37.7 Å². The highest BCUT2D eigenvalue weighted by molar-refractivity contribution is 8.01. The van der Waals surface area contributed by atoms with Crippen molar-refractivity contribution in [3.05, 3.63) is 6.33 Å². The lowest BCUT2D eigenvalue weighted by Crippen LogP contribution is -2.15. The molecule has 2 aromatic rings. The Bertz CT molecular complexity index is 514. The Kier molecular flexibility index (Phi) is 4.24. The summed E-state index contributed by atoms with van der Waals surface area (Å²) in [5.41, 5.74) is 0.745. The maximum Gasteiger partial charge on any atom is 0.175 e. The quantitative estimate of drug-likeness (QED) is 0.689. The molecule has 0 aliphatic carbocycles. The predicted octanol–water partition coefficient (Wildman–Crippen LogP) is 2.67. The number of fused-ring (bicyclic) bond motifs is 1. The first-order chi connectivity index (χ1) is 8.11. The maximum atomic E-state index is 9.53. The normalized spacial score (nSPS) is 15.1. The van der Waals surface area contributed by atoms with Gasteiger partial charge in [0.2, 0.25) is 0 Å². The Labute approximate surface area is 112 Å². The van der Waals surface area contributed by atoms with E-state index in [1.54, 1.807) is 41.8 Å². The molecular formula is C10H13N3OS3. The maximum absolute atomic E-state index is 9.53. The molecule has 0 amide bonds. The third-order valence-corrected chi connectivity index (χ3v) is 5.75. The van der Waals surface area contributed by atoms with E-state index in [1.165, 1.54) is 6.33 Å². The summed E-state index contributed by atoms with van der Waals surface area (Å²) < 4.78 is 2.00. The minimum absolute atomic E-state index is 0.105. The average molecular weight is 287 g/mol. The first-order valence-corrected chi connectivity index (χ1v) is 8.04. The molecule has 0 saturated carbocycles. The zero-order chi connectivity index (χ0) is 12.4. The highest BCUT2D eigenvalue weighted by Crippen LogP contribution is 2.35. The summed E-state index contributed by atoms with van der Waals surface area (Å²) in [5, 5.41) is 10.5. The number of thioether (sulfide) groups is 2. The van der Waals surface area contributed by atoms with Crippen molar-refractivity contribution >= 4 is 45.2 Å². The molecule has 0 bridgehead atoms. The second-order valence-electron chi connectivity index (χ2n) is 3.58. The summed E-state index contributed by atoms with van der Waals surface area (Å²) >= 11 is 4.78. The number of aliphatic hydroxyl groups excluding tert-OH is 1. The van der Waals surface area contributed by atoms with Gasteiger partial charge in [0.15, 0.2) is 9.99 Å². The van der Waals surface area contributed by atoms with Crippen LogP contribution < -0.4 is 0 Å². The van der Waals surface area contributed by atoms with Crippen molar-refractivity contribution in [3.8, 4) is 0 Å². The minimum atomic E-state index is -0.363. The van der Waals surface area contributed by atoms with Crippen LogP contribution in [0.15, 0.2) is 15.7 Å². The van der Waals surface area contributed by atoms with Crippen LogP contribution in [0.25, 0.3) is 10.3 Å². The molecule has 4 nitrogen and oxygen atoms in total. The summed E-state index contributed by atoms with van der Waals surface area (Å²) in [5.74, 6) is 0. The Morgan fingerprint density at radius 1 is 1.35 bits per heavy atom. The number of hydrogen-bond donors (Lipinski definition) is 1. The predicted molar refractivity (Wildman–Crippen MR) is 74.0 cm³/mol. The van der Waals surface area contributed by atoms with Gasteiger partial charge in [0.1, 0.15) is 16.1 Å². The summed E-state index contributed by atoms with van der Waals surface area (Å²) in [6.07, 6.45) is 3.16. The van der Waals surface area contributed by atoms with E-state index in [9.17, 15) is 5.11 Å². The first kappa shape index (κ1) is 13.1. The van der Waals surface area contributed by atoms with E-state index in [0.717, 1.165) is 19.7 Å². The number of aromatic nitrogens is 3. The highest BCUT2D eigenvalue weighted by Gasteiger charge is 2.16. The molecule has 0 saturated heterocycles. The van der Waals surface area contributed by atoms with Crippen molar-refractivity contribution in [2.45, 2.75) is 34.6 Å². The summed E-state index contributed by atoms with van der Waals surface area (Å²) in [6.45, 7) is 3.77. The zero-order valence-corrected chi connectivity index (χ0v) is 12.2. The van der Waals surface area contributed by atoms with Gasteiger partial charge in [-0.05, 0) is 13.2 Å². The molecule has 1 N–H and O–H groups in total. The monoisotopic (exact) mass is 287 g/mol. The van der Waals surface area contributed by atoms with Gasteiger partial charge in [0, 0.05) is 5.25 Å². The van der Waals surface area contributed by atoms with Gasteiger partial charge < -0.3 is 5.11 Å². The van der Waals surface area contributed by atoms with E-state index in [4.69, 9.17) is 0 Å². The second-order valence-corrected chi connectivity index (χ2v) is 7.00. The molecule has 0 aliphatic heterocycles. The smallest absolute Gasteiger partial charge is 0.175 e. The van der Waals surface area contributed by atoms with Crippen LogP contribution in [0, 0.1) is 0 Å². The Balaban J connectivity index is 2.36. The molecule has 0 aliphatic rings. The van der Waals surface area contributed by atoms with E-state index < -0.39 is 0 Å². The summed E-state index contributed by atoms with van der Waals surface area (Å²) in [7, 11) is 0. The SMILES string of the molecule is CSc1nc2ncnc(SC(C)C(C)O)c2s1. The zero-order valence-electron chi connectivity index (χ0n) is 9.75. The molecule has 2 unspecified atom stereocenters. The Morgan fingerprint density at radius 2 is 2.12 bits per heavy atom. The summed E-state index contributed by atoms with van der Waals surface area (Å²) in [4.78, 5) is 12.8. The first-order valence-electron chi connectivity index (χ1n) is 5.12. The molecule has 0 fully saturated rings. The molecule has 17 heavy (non-hydrogen) atoms. The third kappa shape index (κ3) is 2.90. The molecule has 2 heterocycles. The molecule has 7 heteroatoms. The number of aliphatic hydroxyl groups is 1. The van der Waals surface area contributed by atoms with Crippen LogP contribution in [0.1, 0.15) is 13.8 Å². The Morgan fingerprint density at radius 3 is 2.76 bits per heavy atom. The van der Waals surface area contributed by atoms with Gasteiger partial charge in [-0.1, -0.05) is 30.4 Å². The van der Waals surface area contributed by atoms with Crippen molar-refractivity contribution < 1.29 is 5.11 Å². The minimum Gasteiger partial charge on any atom is -0.392 e. The molecule has 92 valence electrons. The molecule has 0 spiro atoms. The lowest BCUT2D eigenvalue weighted by atomic mass is 10.3. The van der Waals surface area contributed by atoms with E-state index >= 15 is 0 Å². The van der Waals surface area contributed by atoms with Gasteiger partial charge in [0.05, 0.1) is 6.10 Å². The molecule has 0 radical (unpaired) electrons. The second kappa shape index (κ2) is 5.51. The Hall–Kier alpha value is -0.370. The fourth-order valence-electron chi connectivity index (χ4n) is 1.16. The van der Waals surface area contributed by atoms with Crippen molar-refractivity contribution in [2.24, 2.45) is 0 Å². The van der Waals surface area contributed by atoms with Gasteiger partial charge in [-0.2, -0.15) is 0 Å². The number of thiazole rings is 1. The largest absolute Gasteiger partial charge is 0.392 e. The van der Waals surface area contributed by atoms with E-state index in [1.807, 2.05) is 13.2 Å². The fourth-order valence-corrected chi connectivity index (χ4v) is 3.68. The van der Waals surface area contributed by atoms with Crippen LogP contribution in [0.4, 0.5) is 0 Å². The lowest BCUT2D eigenvalue weighted by molar-refractivity contribution is 0.196. The third-order valence-electron chi connectivity index (χ3n) is 2.29. The van der Waals surface area contributed by atoms with Crippen molar-refractivity contribution in [1.29, 1.82) is 0 Å². The number of rotatable bonds is 4. The molecule has 2 rings (SSSR count).